The molecule has 3 heteroatoms. The van der Waals surface area contributed by atoms with Gasteiger partial charge in [0, 0.05) is 11.8 Å². The van der Waals surface area contributed by atoms with Gasteiger partial charge in [-0.05, 0) is 22.9 Å². The van der Waals surface area contributed by atoms with Crippen LogP contribution in [0.3, 0.4) is 0 Å². The van der Waals surface area contributed by atoms with Crippen LogP contribution in [-0.4, -0.2) is 29.8 Å². The molecule has 3 rings (SSSR count). The van der Waals surface area contributed by atoms with E-state index in [2.05, 4.69) is 84.4 Å². The van der Waals surface area contributed by atoms with E-state index in [0.29, 0.717) is 0 Å². The molecule has 0 saturated heterocycles. The maximum absolute atomic E-state index is 9.99. The van der Waals surface area contributed by atoms with Crippen LogP contribution in [0, 0.1) is 0 Å². The van der Waals surface area contributed by atoms with Crippen molar-refractivity contribution in [2.24, 2.45) is 0 Å². The zero-order chi connectivity index (χ0) is 18.2. The van der Waals surface area contributed by atoms with Gasteiger partial charge < -0.3 is 5.11 Å². The Hall–Kier alpha value is -2.07. The monoisotopic (exact) mass is 363 g/mol. The lowest BCUT2D eigenvalue weighted by atomic mass is 9.76. The Bertz CT molecular complexity index is 680. The van der Waals surface area contributed by atoms with Gasteiger partial charge in [-0.3, -0.25) is 5.32 Å². The van der Waals surface area contributed by atoms with Crippen LogP contribution in [-0.2, 0) is 5.54 Å². The molecule has 134 valence electrons. The summed E-state index contributed by atoms with van der Waals surface area (Å²) >= 11 is 1.74. The average molecular weight is 364 g/mol. The number of nitrogens with one attached hydrogen (secondary N) is 1. The highest BCUT2D eigenvalue weighted by molar-refractivity contribution is 7.98. The third-order valence-corrected chi connectivity index (χ3v) is 5.36. The molecule has 2 N–H and O–H groups in total. The van der Waals surface area contributed by atoms with Crippen LogP contribution in [0.1, 0.15) is 16.7 Å². The van der Waals surface area contributed by atoms with E-state index >= 15 is 0 Å². The highest BCUT2D eigenvalue weighted by Gasteiger charge is 2.37. The van der Waals surface area contributed by atoms with Gasteiger partial charge in [-0.1, -0.05) is 91.0 Å². The molecule has 0 aliphatic carbocycles. The molecule has 0 heterocycles. The average Bonchev–Trinajstić information content (AvgIpc) is 2.73. The van der Waals surface area contributed by atoms with Gasteiger partial charge in [-0.2, -0.15) is 11.8 Å². The molecule has 0 aliphatic rings. The summed E-state index contributed by atoms with van der Waals surface area (Å²) in [4.78, 5) is 0. The Morgan fingerprint density at radius 1 is 0.769 bits per heavy atom. The second-order valence-corrected chi connectivity index (χ2v) is 7.24. The summed E-state index contributed by atoms with van der Waals surface area (Å²) in [5, 5.41) is 13.8. The molecule has 0 amide bonds. The van der Waals surface area contributed by atoms with Crippen molar-refractivity contribution < 1.29 is 5.11 Å². The molecule has 3 aromatic carbocycles. The third kappa shape index (κ3) is 3.85. The van der Waals surface area contributed by atoms with Crippen LogP contribution in [0.25, 0.3) is 0 Å². The van der Waals surface area contributed by atoms with Gasteiger partial charge in [0.05, 0.1) is 12.1 Å². The van der Waals surface area contributed by atoms with Crippen molar-refractivity contribution in [3.05, 3.63) is 108 Å². The van der Waals surface area contributed by atoms with Gasteiger partial charge in [0.2, 0.25) is 0 Å². The molecule has 0 saturated carbocycles. The minimum atomic E-state index is -0.521. The second kappa shape index (κ2) is 9.04. The molecule has 3 aromatic rings. The Labute approximate surface area is 160 Å². The molecule has 0 fully saturated rings. The standard InChI is InChI=1S/C23H25NOS/c1-26-18-22(17-25)24-23(19-11-5-2-6-12-19,20-13-7-3-8-14-20)21-15-9-4-10-16-21/h2-16,22,24-25H,17-18H2,1H3/t22-/m1/s1. The quantitative estimate of drug-likeness (QED) is 0.586. The molecule has 0 radical (unpaired) electrons. The van der Waals surface area contributed by atoms with E-state index in [0.717, 1.165) is 22.4 Å². The number of aliphatic hydroxyl groups excluding tert-OH is 1. The first kappa shape index (κ1) is 18.7. The van der Waals surface area contributed by atoms with Gasteiger partial charge in [-0.15, -0.1) is 0 Å². The van der Waals surface area contributed by atoms with Crippen molar-refractivity contribution in [2.75, 3.05) is 18.6 Å². The topological polar surface area (TPSA) is 32.3 Å². The smallest absolute Gasteiger partial charge is 0.0951 e. The number of hydrogen-bond acceptors (Lipinski definition) is 3. The lowest BCUT2D eigenvalue weighted by molar-refractivity contribution is 0.234. The lowest BCUT2D eigenvalue weighted by Crippen LogP contribution is -2.52. The SMILES string of the molecule is CSC[C@@H](CO)NC(c1ccccc1)(c1ccccc1)c1ccccc1. The van der Waals surface area contributed by atoms with Crippen molar-refractivity contribution in [3.8, 4) is 0 Å². The maximum atomic E-state index is 9.99. The Morgan fingerprint density at radius 3 is 1.46 bits per heavy atom. The molecule has 0 unspecified atom stereocenters. The van der Waals surface area contributed by atoms with E-state index in [4.69, 9.17) is 0 Å². The summed E-state index contributed by atoms with van der Waals surface area (Å²) in [6.07, 6.45) is 2.07. The Balaban J connectivity index is 2.24. The molecular formula is C23H25NOS. The molecule has 1 atom stereocenters. The summed E-state index contributed by atoms with van der Waals surface area (Å²) in [5.74, 6) is 0.838. The van der Waals surface area contributed by atoms with E-state index in [1.54, 1.807) is 11.8 Å². The summed E-state index contributed by atoms with van der Waals surface area (Å²) in [6.45, 7) is 0.0924. The highest BCUT2D eigenvalue weighted by atomic mass is 32.2. The predicted octanol–water partition coefficient (Wildman–Crippen LogP) is 4.29. The fourth-order valence-corrected chi connectivity index (χ4v) is 4.05. The van der Waals surface area contributed by atoms with Gasteiger partial charge in [0.15, 0.2) is 0 Å². The zero-order valence-electron chi connectivity index (χ0n) is 15.0. The van der Waals surface area contributed by atoms with E-state index in [-0.39, 0.29) is 12.6 Å². The van der Waals surface area contributed by atoms with Crippen molar-refractivity contribution >= 4 is 11.8 Å². The van der Waals surface area contributed by atoms with Crippen LogP contribution in [0.15, 0.2) is 91.0 Å². The summed E-state index contributed by atoms with van der Waals surface area (Å²) < 4.78 is 0. The molecule has 0 aliphatic heterocycles. The molecule has 0 bridgehead atoms. The lowest BCUT2D eigenvalue weighted by Gasteiger charge is -2.39. The summed E-state index contributed by atoms with van der Waals surface area (Å²) in [7, 11) is 0. The normalized spacial score (nSPS) is 12.7. The number of thioether (sulfide) groups is 1. The van der Waals surface area contributed by atoms with Gasteiger partial charge in [-0.25, -0.2) is 0 Å². The van der Waals surface area contributed by atoms with Crippen LogP contribution < -0.4 is 5.32 Å². The van der Waals surface area contributed by atoms with E-state index in [9.17, 15) is 5.11 Å². The Morgan fingerprint density at radius 2 is 1.15 bits per heavy atom. The summed E-state index contributed by atoms with van der Waals surface area (Å²) in [6, 6.07) is 31.4. The first-order valence-corrected chi connectivity index (χ1v) is 10.2. The van der Waals surface area contributed by atoms with Gasteiger partial charge >= 0.3 is 0 Å². The fourth-order valence-electron chi connectivity index (χ4n) is 3.46. The minimum Gasteiger partial charge on any atom is -0.395 e. The summed E-state index contributed by atoms with van der Waals surface area (Å²) in [5.41, 5.74) is 2.97. The maximum Gasteiger partial charge on any atom is 0.0951 e. The number of hydrogen-bond donors (Lipinski definition) is 2. The number of aliphatic hydroxyl groups is 1. The predicted molar refractivity (Wildman–Crippen MR) is 112 cm³/mol. The van der Waals surface area contributed by atoms with E-state index in [1.807, 2.05) is 18.2 Å². The van der Waals surface area contributed by atoms with E-state index < -0.39 is 5.54 Å². The van der Waals surface area contributed by atoms with Crippen LogP contribution >= 0.6 is 11.8 Å². The van der Waals surface area contributed by atoms with Gasteiger partial charge in [0.25, 0.3) is 0 Å². The third-order valence-electron chi connectivity index (χ3n) is 4.63. The van der Waals surface area contributed by atoms with Crippen molar-refractivity contribution in [1.82, 2.24) is 5.32 Å². The largest absolute Gasteiger partial charge is 0.395 e. The first-order valence-electron chi connectivity index (χ1n) is 8.85. The van der Waals surface area contributed by atoms with Crippen LogP contribution in [0.2, 0.25) is 0 Å². The second-order valence-electron chi connectivity index (χ2n) is 6.33. The van der Waals surface area contributed by atoms with Crippen LogP contribution in [0.4, 0.5) is 0 Å². The minimum absolute atomic E-state index is 0.0226. The van der Waals surface area contributed by atoms with Crippen LogP contribution in [0.5, 0.6) is 0 Å². The first-order chi connectivity index (χ1) is 12.8. The van der Waals surface area contributed by atoms with Crippen molar-refractivity contribution in [1.29, 1.82) is 0 Å². The van der Waals surface area contributed by atoms with Gasteiger partial charge in [0.1, 0.15) is 0 Å². The van der Waals surface area contributed by atoms with Crippen molar-refractivity contribution in [2.45, 2.75) is 11.6 Å². The van der Waals surface area contributed by atoms with Crippen molar-refractivity contribution in [3.63, 3.8) is 0 Å². The molecule has 26 heavy (non-hydrogen) atoms. The highest BCUT2D eigenvalue weighted by Crippen LogP contribution is 2.37. The van der Waals surface area contributed by atoms with E-state index in [1.165, 1.54) is 0 Å². The molecule has 2 nitrogen and oxygen atoms in total. The molecule has 0 aromatic heterocycles. The zero-order valence-corrected chi connectivity index (χ0v) is 15.8. The fraction of sp³-hybridized carbons (Fsp3) is 0.217. The Kier molecular flexibility index (Phi) is 6.51. The molecule has 0 spiro atoms. The molecular weight excluding hydrogens is 338 g/mol. The number of rotatable bonds is 8. The number of benzene rings is 3.